The van der Waals surface area contributed by atoms with Crippen LogP contribution in [0.25, 0.3) is 0 Å². The number of carbonyl (C=O) groups is 1. The molecule has 0 atom stereocenters. The number of ether oxygens (including phenoxy) is 1. The predicted molar refractivity (Wildman–Crippen MR) is 130 cm³/mol. The summed E-state index contributed by atoms with van der Waals surface area (Å²) in [5, 5.41) is 12.4. The van der Waals surface area contributed by atoms with Gasteiger partial charge in [-0.25, -0.2) is 4.68 Å². The number of rotatable bonds is 7. The first-order valence-electron chi connectivity index (χ1n) is 9.27. The number of hydrogen-bond acceptors (Lipinski definition) is 4. The van der Waals surface area contributed by atoms with E-state index >= 15 is 0 Å². The highest BCUT2D eigenvalue weighted by Crippen LogP contribution is 2.25. The number of anilines is 1. The van der Waals surface area contributed by atoms with Crippen LogP contribution >= 0.6 is 55.1 Å². The van der Waals surface area contributed by atoms with Crippen molar-refractivity contribution in [2.24, 2.45) is 0 Å². The summed E-state index contributed by atoms with van der Waals surface area (Å²) in [6.45, 7) is 0.643. The summed E-state index contributed by atoms with van der Waals surface area (Å²) in [6, 6.07) is 14.4. The van der Waals surface area contributed by atoms with Crippen molar-refractivity contribution in [3.05, 3.63) is 91.2 Å². The van der Waals surface area contributed by atoms with Crippen LogP contribution in [0.5, 0.6) is 5.75 Å². The van der Waals surface area contributed by atoms with Gasteiger partial charge in [0.05, 0.1) is 21.1 Å². The highest BCUT2D eigenvalue weighted by atomic mass is 79.9. The van der Waals surface area contributed by atoms with Crippen molar-refractivity contribution in [2.75, 3.05) is 5.32 Å². The van der Waals surface area contributed by atoms with E-state index in [0.717, 1.165) is 10.0 Å². The van der Waals surface area contributed by atoms with Crippen molar-refractivity contribution >= 4 is 66.8 Å². The van der Waals surface area contributed by atoms with E-state index in [1.54, 1.807) is 35.3 Å². The fraction of sp³-hybridized carbons (Fsp3) is 0.0952. The maximum absolute atomic E-state index is 12.6. The quantitative estimate of drug-likeness (QED) is 0.273. The van der Waals surface area contributed by atoms with E-state index in [2.05, 4.69) is 47.4 Å². The monoisotopic (exact) mass is 597 g/mol. The lowest BCUT2D eigenvalue weighted by molar-refractivity contribution is 0.101. The van der Waals surface area contributed by atoms with Crippen LogP contribution in [-0.4, -0.2) is 25.5 Å². The molecule has 1 amide bonds. The van der Waals surface area contributed by atoms with Crippen LogP contribution in [0, 0.1) is 0 Å². The van der Waals surface area contributed by atoms with Crippen LogP contribution in [0.3, 0.4) is 0 Å². The van der Waals surface area contributed by atoms with Crippen molar-refractivity contribution in [3.8, 4) is 5.75 Å². The molecule has 1 N–H and O–H groups in total. The molecule has 0 aliphatic heterocycles. The van der Waals surface area contributed by atoms with Crippen molar-refractivity contribution in [1.29, 1.82) is 0 Å². The van der Waals surface area contributed by atoms with Gasteiger partial charge in [0.15, 0.2) is 18.2 Å². The molecule has 2 aromatic carbocycles. The lowest BCUT2D eigenvalue weighted by atomic mass is 10.2. The molecule has 0 aliphatic rings. The third-order valence-electron chi connectivity index (χ3n) is 4.33. The Hall–Kier alpha value is -2.33. The highest BCUT2D eigenvalue weighted by molar-refractivity contribution is 9.10. The van der Waals surface area contributed by atoms with Crippen molar-refractivity contribution in [2.45, 2.75) is 13.3 Å². The van der Waals surface area contributed by atoms with E-state index in [1.165, 1.54) is 4.68 Å². The van der Waals surface area contributed by atoms with Crippen molar-refractivity contribution in [1.82, 2.24) is 19.6 Å². The minimum absolute atomic E-state index is 0.177. The zero-order valence-corrected chi connectivity index (χ0v) is 21.0. The van der Waals surface area contributed by atoms with E-state index in [4.69, 9.17) is 27.9 Å². The van der Waals surface area contributed by atoms with Crippen LogP contribution in [0.1, 0.15) is 16.1 Å². The predicted octanol–water partition coefficient (Wildman–Crippen LogP) is 6.25. The summed E-state index contributed by atoms with van der Waals surface area (Å²) in [4.78, 5) is 12.6. The molecule has 2 aromatic heterocycles. The van der Waals surface area contributed by atoms with Gasteiger partial charge in [0.2, 0.25) is 0 Å². The molecule has 164 valence electrons. The van der Waals surface area contributed by atoms with Gasteiger partial charge in [-0.2, -0.15) is 10.2 Å². The van der Waals surface area contributed by atoms with Gasteiger partial charge in [-0.15, -0.1) is 0 Å². The largest absolute Gasteiger partial charge is 0.471 e. The number of nitrogens with one attached hydrogen (secondary N) is 1. The molecule has 0 spiro atoms. The maximum atomic E-state index is 12.6. The van der Waals surface area contributed by atoms with Gasteiger partial charge in [0.25, 0.3) is 5.91 Å². The second-order valence-corrected chi connectivity index (χ2v) is 9.28. The van der Waals surface area contributed by atoms with Crippen LogP contribution in [0.15, 0.2) is 69.9 Å². The summed E-state index contributed by atoms with van der Waals surface area (Å²) in [5.74, 6) is 0.703. The average Bonchev–Trinajstić information content (AvgIpc) is 3.37. The summed E-state index contributed by atoms with van der Waals surface area (Å²) in [6.07, 6.45) is 3.44. The number of benzene rings is 2. The molecule has 0 fully saturated rings. The molecule has 4 rings (SSSR count). The number of aromatic nitrogens is 4. The van der Waals surface area contributed by atoms with Gasteiger partial charge in [0.1, 0.15) is 5.75 Å². The summed E-state index contributed by atoms with van der Waals surface area (Å²) >= 11 is 18.8. The van der Waals surface area contributed by atoms with Crippen molar-refractivity contribution in [3.63, 3.8) is 0 Å². The number of nitrogens with zero attached hydrogens (tertiary/aromatic N) is 4. The van der Waals surface area contributed by atoms with Crippen LogP contribution in [0.2, 0.25) is 10.0 Å². The Balaban J connectivity index is 1.37. The lowest BCUT2D eigenvalue weighted by Crippen LogP contribution is -2.15. The molecule has 32 heavy (non-hydrogen) atoms. The fourth-order valence-corrected chi connectivity index (χ4v) is 3.79. The van der Waals surface area contributed by atoms with Crippen LogP contribution in [-0.2, 0) is 13.3 Å². The van der Waals surface area contributed by atoms with Crippen LogP contribution in [0.4, 0.5) is 5.82 Å². The van der Waals surface area contributed by atoms with E-state index in [9.17, 15) is 4.79 Å². The zero-order valence-electron chi connectivity index (χ0n) is 16.3. The third-order valence-corrected chi connectivity index (χ3v) is 6.18. The Labute approximate surface area is 210 Å². The first kappa shape index (κ1) is 22.8. The average molecular weight is 600 g/mol. The molecular formula is C21H15Br2Cl2N5O2. The topological polar surface area (TPSA) is 74.0 Å². The van der Waals surface area contributed by atoms with Gasteiger partial charge in [-0.3, -0.25) is 9.48 Å². The van der Waals surface area contributed by atoms with Crippen LogP contribution < -0.4 is 10.1 Å². The lowest BCUT2D eigenvalue weighted by Gasteiger charge is -2.06. The molecule has 7 nitrogen and oxygen atoms in total. The second kappa shape index (κ2) is 10.1. The molecule has 0 unspecified atom stereocenters. The van der Waals surface area contributed by atoms with E-state index < -0.39 is 0 Å². The molecular weight excluding hydrogens is 585 g/mol. The SMILES string of the molecule is O=C(Nc1nn(Cc2ccc(Cl)c(Cl)c2)cc1Br)c1ccn(COc2ccc(Br)cc2)n1. The molecule has 0 saturated heterocycles. The Morgan fingerprint density at radius 1 is 1.00 bits per heavy atom. The normalized spacial score (nSPS) is 10.9. The minimum Gasteiger partial charge on any atom is -0.471 e. The number of amides is 1. The standard InChI is InChI=1S/C21H15Br2Cl2N5O2/c22-14-2-4-15(5-3-14)32-12-29-8-7-19(27-29)21(31)26-20-16(23)11-30(28-20)10-13-1-6-17(24)18(25)9-13/h1-9,11H,10,12H2,(H,26,28,31). The minimum atomic E-state index is -0.382. The molecule has 4 aromatic rings. The van der Waals surface area contributed by atoms with Gasteiger partial charge in [-0.1, -0.05) is 45.2 Å². The molecule has 11 heteroatoms. The van der Waals surface area contributed by atoms with E-state index in [1.807, 2.05) is 30.3 Å². The van der Waals surface area contributed by atoms with Gasteiger partial charge < -0.3 is 10.1 Å². The maximum Gasteiger partial charge on any atom is 0.277 e. The number of halogens is 4. The number of carbonyl (C=O) groups excluding carboxylic acids is 1. The summed E-state index contributed by atoms with van der Waals surface area (Å²) in [7, 11) is 0. The van der Waals surface area contributed by atoms with Gasteiger partial charge in [-0.05, 0) is 64.0 Å². The molecule has 2 heterocycles. The Bertz CT molecular complexity index is 1260. The van der Waals surface area contributed by atoms with E-state index in [0.29, 0.717) is 32.6 Å². The first-order valence-corrected chi connectivity index (χ1v) is 11.6. The summed E-state index contributed by atoms with van der Waals surface area (Å²) in [5.41, 5.74) is 1.17. The third kappa shape index (κ3) is 5.72. The molecule has 0 bridgehead atoms. The molecule has 0 aliphatic carbocycles. The zero-order chi connectivity index (χ0) is 22.7. The van der Waals surface area contributed by atoms with Gasteiger partial charge in [0, 0.05) is 16.9 Å². The highest BCUT2D eigenvalue weighted by Gasteiger charge is 2.15. The molecule has 0 saturated carbocycles. The Morgan fingerprint density at radius 3 is 2.53 bits per heavy atom. The Morgan fingerprint density at radius 2 is 1.78 bits per heavy atom. The second-order valence-electron chi connectivity index (χ2n) is 6.69. The fourth-order valence-electron chi connectivity index (χ4n) is 2.79. The van der Waals surface area contributed by atoms with E-state index in [-0.39, 0.29) is 18.3 Å². The molecule has 0 radical (unpaired) electrons. The smallest absolute Gasteiger partial charge is 0.277 e. The number of hydrogen-bond donors (Lipinski definition) is 1. The van der Waals surface area contributed by atoms with Crippen molar-refractivity contribution < 1.29 is 9.53 Å². The first-order chi connectivity index (χ1) is 15.4. The summed E-state index contributed by atoms with van der Waals surface area (Å²) < 4.78 is 10.5. The van der Waals surface area contributed by atoms with Gasteiger partial charge >= 0.3 is 0 Å². The Kier molecular flexibility index (Phi) is 7.20.